The first-order chi connectivity index (χ1) is 17.0. The van der Waals surface area contributed by atoms with Gasteiger partial charge < -0.3 is 15.0 Å². The van der Waals surface area contributed by atoms with Crippen molar-refractivity contribution < 1.29 is 14.3 Å². The standard InChI is InChI=1S/C22H18ClFN8O2S/c23-14-2-4-16(31-10-27-29-30-31)19(20(14)24)11-5-12-1-3-17(32(12)18(34)6-11)21-25-8-15(28-21)22-26-7-13(9-33)35-22/h2,4,6-8,10,12,17,33H,1,3,5,9H2,(H,25,28)/t12-,17+/m1/s1. The average molecular weight is 513 g/mol. The fourth-order valence-electron chi connectivity index (χ4n) is 4.82. The average Bonchev–Trinajstić information content (AvgIpc) is 3.66. The van der Waals surface area contributed by atoms with Gasteiger partial charge in [-0.3, -0.25) is 4.79 Å². The van der Waals surface area contributed by atoms with Crippen LogP contribution in [0.2, 0.25) is 5.02 Å². The molecule has 2 atom stereocenters. The van der Waals surface area contributed by atoms with Crippen molar-refractivity contribution in [3.8, 4) is 16.4 Å². The molecule has 10 nitrogen and oxygen atoms in total. The van der Waals surface area contributed by atoms with Crippen LogP contribution in [0.3, 0.4) is 0 Å². The number of amides is 1. The van der Waals surface area contributed by atoms with Gasteiger partial charge in [0, 0.05) is 23.9 Å². The van der Waals surface area contributed by atoms with Crippen LogP contribution in [0.25, 0.3) is 22.0 Å². The molecule has 2 aliphatic rings. The lowest BCUT2D eigenvalue weighted by Gasteiger charge is -2.33. The molecular weight excluding hydrogens is 495 g/mol. The zero-order chi connectivity index (χ0) is 24.1. The van der Waals surface area contributed by atoms with Crippen molar-refractivity contribution in [1.82, 2.24) is 40.1 Å². The molecule has 1 fully saturated rings. The van der Waals surface area contributed by atoms with Crippen molar-refractivity contribution in [3.05, 3.63) is 64.0 Å². The predicted octanol–water partition coefficient (Wildman–Crippen LogP) is 3.31. The first-order valence-electron chi connectivity index (χ1n) is 10.9. The van der Waals surface area contributed by atoms with Gasteiger partial charge in [0.2, 0.25) is 5.91 Å². The lowest BCUT2D eigenvalue weighted by molar-refractivity contribution is -0.129. The van der Waals surface area contributed by atoms with Gasteiger partial charge in [0.05, 0.1) is 40.1 Å². The Morgan fingerprint density at radius 3 is 2.91 bits per heavy atom. The Bertz CT molecular complexity index is 1450. The van der Waals surface area contributed by atoms with E-state index < -0.39 is 5.82 Å². The van der Waals surface area contributed by atoms with E-state index in [0.29, 0.717) is 23.5 Å². The minimum absolute atomic E-state index is 0.0356. The van der Waals surface area contributed by atoms with Crippen molar-refractivity contribution in [3.63, 3.8) is 0 Å². The number of H-pyrrole nitrogens is 1. The molecular formula is C22H18ClFN8O2S. The minimum atomic E-state index is -0.608. The summed E-state index contributed by atoms with van der Waals surface area (Å²) in [5.41, 5.74) is 1.94. The quantitative estimate of drug-likeness (QED) is 0.420. The zero-order valence-corrected chi connectivity index (χ0v) is 19.7. The van der Waals surface area contributed by atoms with E-state index in [2.05, 4.69) is 30.5 Å². The van der Waals surface area contributed by atoms with Gasteiger partial charge >= 0.3 is 0 Å². The normalized spacial score (nSPS) is 19.8. The number of tetrazole rings is 1. The number of aliphatic hydroxyl groups excluding tert-OH is 1. The van der Waals surface area contributed by atoms with E-state index in [1.54, 1.807) is 18.5 Å². The van der Waals surface area contributed by atoms with E-state index >= 15 is 4.39 Å². The number of aliphatic hydroxyl groups is 1. The van der Waals surface area contributed by atoms with E-state index in [1.807, 2.05) is 4.90 Å². The van der Waals surface area contributed by atoms with E-state index in [1.165, 1.54) is 34.5 Å². The van der Waals surface area contributed by atoms with Crippen LogP contribution >= 0.6 is 22.9 Å². The van der Waals surface area contributed by atoms with E-state index in [9.17, 15) is 9.90 Å². The molecule has 4 aromatic rings. The maximum absolute atomic E-state index is 15.2. The van der Waals surface area contributed by atoms with E-state index in [4.69, 9.17) is 11.6 Å². The van der Waals surface area contributed by atoms with Gasteiger partial charge in [-0.25, -0.2) is 14.4 Å². The molecule has 13 heteroatoms. The number of thiazole rings is 1. The zero-order valence-electron chi connectivity index (χ0n) is 18.1. The van der Waals surface area contributed by atoms with Crippen LogP contribution in [0.4, 0.5) is 4.39 Å². The Morgan fingerprint density at radius 1 is 1.26 bits per heavy atom. The summed E-state index contributed by atoms with van der Waals surface area (Å²) in [6.07, 6.45) is 8.10. The van der Waals surface area contributed by atoms with Gasteiger partial charge in [-0.1, -0.05) is 11.6 Å². The van der Waals surface area contributed by atoms with E-state index in [0.717, 1.165) is 28.4 Å². The van der Waals surface area contributed by atoms with Crippen molar-refractivity contribution in [2.24, 2.45) is 0 Å². The molecule has 6 rings (SSSR count). The number of aromatic nitrogens is 7. The highest BCUT2D eigenvalue weighted by molar-refractivity contribution is 7.14. The van der Waals surface area contributed by atoms with Gasteiger partial charge in [0.15, 0.2) is 5.82 Å². The van der Waals surface area contributed by atoms with Crippen LogP contribution in [-0.2, 0) is 11.4 Å². The van der Waals surface area contributed by atoms with Crippen molar-refractivity contribution in [2.75, 3.05) is 0 Å². The number of hydrogen-bond donors (Lipinski definition) is 2. The van der Waals surface area contributed by atoms with Crippen LogP contribution < -0.4 is 0 Å². The summed E-state index contributed by atoms with van der Waals surface area (Å²) in [5, 5.41) is 21.1. The number of carbonyl (C=O) groups excluding carboxylic acids is 1. The summed E-state index contributed by atoms with van der Waals surface area (Å²) in [6.45, 7) is -0.0672. The van der Waals surface area contributed by atoms with Crippen molar-refractivity contribution in [1.29, 1.82) is 0 Å². The Balaban J connectivity index is 1.32. The first kappa shape index (κ1) is 22.0. The van der Waals surface area contributed by atoms with Gasteiger partial charge in [0.25, 0.3) is 0 Å². The molecule has 1 aromatic carbocycles. The fraction of sp³-hybridized carbons (Fsp3) is 0.273. The van der Waals surface area contributed by atoms with Gasteiger partial charge in [0.1, 0.15) is 17.2 Å². The molecule has 1 saturated heterocycles. The summed E-state index contributed by atoms with van der Waals surface area (Å²) >= 11 is 7.47. The fourth-order valence-corrected chi connectivity index (χ4v) is 5.72. The molecule has 2 aliphatic heterocycles. The first-order valence-corrected chi connectivity index (χ1v) is 12.1. The summed E-state index contributed by atoms with van der Waals surface area (Å²) in [5.74, 6) is -0.143. The Kier molecular flexibility index (Phi) is 5.43. The van der Waals surface area contributed by atoms with E-state index in [-0.39, 0.29) is 35.2 Å². The largest absolute Gasteiger partial charge is 0.391 e. The molecule has 5 heterocycles. The Hall–Kier alpha value is -3.48. The number of benzene rings is 1. The summed E-state index contributed by atoms with van der Waals surface area (Å²) < 4.78 is 16.6. The molecule has 35 heavy (non-hydrogen) atoms. The number of rotatable bonds is 5. The molecule has 0 bridgehead atoms. The summed E-state index contributed by atoms with van der Waals surface area (Å²) in [6, 6.07) is 2.75. The van der Waals surface area contributed by atoms with Crippen LogP contribution in [0.5, 0.6) is 0 Å². The topological polar surface area (TPSA) is 126 Å². The molecule has 1 amide bonds. The molecule has 0 radical (unpaired) electrons. The molecule has 0 saturated carbocycles. The molecule has 3 aromatic heterocycles. The lowest BCUT2D eigenvalue weighted by Crippen LogP contribution is -2.39. The predicted molar refractivity (Wildman–Crippen MR) is 125 cm³/mol. The van der Waals surface area contributed by atoms with Crippen LogP contribution in [0.1, 0.15) is 41.6 Å². The maximum Gasteiger partial charge on any atom is 0.247 e. The number of halogens is 2. The summed E-state index contributed by atoms with van der Waals surface area (Å²) in [7, 11) is 0. The maximum atomic E-state index is 15.2. The van der Waals surface area contributed by atoms with Gasteiger partial charge in [-0.2, -0.15) is 4.68 Å². The van der Waals surface area contributed by atoms with Crippen LogP contribution in [0, 0.1) is 5.82 Å². The smallest absolute Gasteiger partial charge is 0.247 e. The third kappa shape index (κ3) is 3.74. The number of hydrogen-bond acceptors (Lipinski definition) is 8. The van der Waals surface area contributed by atoms with Gasteiger partial charge in [-0.05, 0) is 47.4 Å². The molecule has 178 valence electrons. The van der Waals surface area contributed by atoms with Crippen LogP contribution in [0.15, 0.2) is 36.9 Å². The highest BCUT2D eigenvalue weighted by Crippen LogP contribution is 2.44. The van der Waals surface area contributed by atoms with Gasteiger partial charge in [-0.15, -0.1) is 16.4 Å². The molecule has 2 N–H and O–H groups in total. The minimum Gasteiger partial charge on any atom is -0.391 e. The molecule has 0 aliphatic carbocycles. The third-order valence-electron chi connectivity index (χ3n) is 6.35. The number of carbonyl (C=O) groups is 1. The Morgan fingerprint density at radius 2 is 2.14 bits per heavy atom. The number of aromatic amines is 1. The number of nitrogens with one attached hydrogen (secondary N) is 1. The SMILES string of the molecule is O=C1C=C(c2c(-n3cnnn3)ccc(Cl)c2F)C[C@H]2CC[C@@H](c3ncc(-c4ncc(CO)s4)[nH]3)N12. The second-order valence-electron chi connectivity index (χ2n) is 8.35. The van der Waals surface area contributed by atoms with Crippen molar-refractivity contribution >= 4 is 34.4 Å². The monoisotopic (exact) mass is 512 g/mol. The van der Waals surface area contributed by atoms with Crippen LogP contribution in [-0.4, -0.2) is 57.1 Å². The number of fused-ring (bicyclic) bond motifs is 1. The number of nitrogens with zero attached hydrogens (tertiary/aromatic N) is 7. The summed E-state index contributed by atoms with van der Waals surface area (Å²) in [4.78, 5) is 28.0. The third-order valence-corrected chi connectivity index (χ3v) is 7.66. The molecule has 0 unspecified atom stereocenters. The highest BCUT2D eigenvalue weighted by Gasteiger charge is 2.42. The highest BCUT2D eigenvalue weighted by atomic mass is 35.5. The number of imidazole rings is 1. The Labute approximate surface area is 207 Å². The second-order valence-corrected chi connectivity index (χ2v) is 9.87. The second kappa shape index (κ2) is 8.63. The van der Waals surface area contributed by atoms with Crippen molar-refractivity contribution in [2.45, 2.75) is 38.0 Å². The molecule has 0 spiro atoms. The lowest BCUT2D eigenvalue weighted by atomic mass is 9.92.